The van der Waals surface area contributed by atoms with Gasteiger partial charge in [0.2, 0.25) is 0 Å². The van der Waals surface area contributed by atoms with Crippen molar-refractivity contribution in [2.45, 2.75) is 33.8 Å². The smallest absolute Gasteiger partial charge is 0.413 e. The highest BCUT2D eigenvalue weighted by Gasteiger charge is 2.14. The Morgan fingerprint density at radius 3 is 2.50 bits per heavy atom. The van der Waals surface area contributed by atoms with Gasteiger partial charge in [-0.15, -0.1) is 5.10 Å². The first-order chi connectivity index (χ1) is 9.47. The molecule has 20 heavy (non-hydrogen) atoms. The van der Waals surface area contributed by atoms with Crippen LogP contribution in [0.2, 0.25) is 0 Å². The van der Waals surface area contributed by atoms with Crippen LogP contribution >= 0.6 is 0 Å². The molecular weight excluding hydrogens is 256 g/mol. The molecular formula is C14H18N4O2. The van der Waals surface area contributed by atoms with Gasteiger partial charge in [-0.3, -0.25) is 5.32 Å². The van der Waals surface area contributed by atoms with Gasteiger partial charge in [0.25, 0.3) is 0 Å². The van der Waals surface area contributed by atoms with Gasteiger partial charge in [0, 0.05) is 0 Å². The maximum Gasteiger partial charge on any atom is 0.413 e. The van der Waals surface area contributed by atoms with E-state index in [9.17, 15) is 4.79 Å². The molecule has 0 saturated carbocycles. The van der Waals surface area contributed by atoms with Crippen LogP contribution in [0.5, 0.6) is 0 Å². The molecule has 0 spiro atoms. The molecule has 106 valence electrons. The van der Waals surface area contributed by atoms with Crippen molar-refractivity contribution in [3.63, 3.8) is 0 Å². The summed E-state index contributed by atoms with van der Waals surface area (Å²) in [6, 6.07) is 7.90. The molecule has 0 unspecified atom stereocenters. The van der Waals surface area contributed by atoms with Crippen LogP contribution in [0.1, 0.15) is 25.1 Å². The SMILES string of the molecule is Cc1ccc(-n2nnc(NC(=O)OC(C)C)c2C)cc1. The summed E-state index contributed by atoms with van der Waals surface area (Å²) in [5, 5.41) is 10.6. The minimum absolute atomic E-state index is 0.178. The lowest BCUT2D eigenvalue weighted by Crippen LogP contribution is -2.18. The molecule has 1 aromatic heterocycles. The molecule has 2 aromatic rings. The summed E-state index contributed by atoms with van der Waals surface area (Å²) in [5.41, 5.74) is 2.81. The average Bonchev–Trinajstić information content (AvgIpc) is 2.71. The number of hydrogen-bond acceptors (Lipinski definition) is 4. The first kappa shape index (κ1) is 14.0. The van der Waals surface area contributed by atoms with E-state index in [-0.39, 0.29) is 6.10 Å². The zero-order valence-electron chi connectivity index (χ0n) is 12.0. The summed E-state index contributed by atoms with van der Waals surface area (Å²) in [6.07, 6.45) is -0.707. The molecule has 0 bridgehead atoms. The second-order valence-corrected chi connectivity index (χ2v) is 4.85. The summed E-state index contributed by atoms with van der Waals surface area (Å²) in [6.45, 7) is 7.43. The highest BCUT2D eigenvalue weighted by atomic mass is 16.6. The zero-order valence-corrected chi connectivity index (χ0v) is 12.0. The third-order valence-electron chi connectivity index (χ3n) is 2.74. The Balaban J connectivity index is 2.19. The van der Waals surface area contributed by atoms with Gasteiger partial charge in [0.15, 0.2) is 5.82 Å². The molecule has 1 N–H and O–H groups in total. The van der Waals surface area contributed by atoms with Gasteiger partial charge >= 0.3 is 6.09 Å². The van der Waals surface area contributed by atoms with Gasteiger partial charge in [-0.05, 0) is 39.8 Å². The van der Waals surface area contributed by atoms with Crippen LogP contribution in [0, 0.1) is 13.8 Å². The van der Waals surface area contributed by atoms with E-state index in [1.807, 2.05) is 38.1 Å². The number of anilines is 1. The van der Waals surface area contributed by atoms with Gasteiger partial charge in [0.05, 0.1) is 17.5 Å². The van der Waals surface area contributed by atoms with Crippen LogP contribution in [0.25, 0.3) is 5.69 Å². The normalized spacial score (nSPS) is 10.7. The van der Waals surface area contributed by atoms with E-state index in [1.54, 1.807) is 18.5 Å². The largest absolute Gasteiger partial charge is 0.447 e. The first-order valence-electron chi connectivity index (χ1n) is 6.44. The zero-order chi connectivity index (χ0) is 14.7. The number of nitrogens with one attached hydrogen (secondary N) is 1. The van der Waals surface area contributed by atoms with Gasteiger partial charge in [-0.2, -0.15) is 0 Å². The Kier molecular flexibility index (Phi) is 4.02. The van der Waals surface area contributed by atoms with E-state index in [4.69, 9.17) is 4.74 Å². The Hall–Kier alpha value is -2.37. The molecule has 0 aliphatic rings. The number of benzene rings is 1. The number of aromatic nitrogens is 3. The standard InChI is InChI=1S/C14H18N4O2/c1-9(2)20-14(19)15-13-11(4)18(17-16-13)12-7-5-10(3)6-8-12/h5-9H,1-4H3,(H,15,19). The minimum Gasteiger partial charge on any atom is -0.447 e. The summed E-state index contributed by atoms with van der Waals surface area (Å²) in [5.74, 6) is 0.399. The molecule has 0 atom stereocenters. The molecule has 0 aliphatic heterocycles. The Morgan fingerprint density at radius 2 is 1.90 bits per heavy atom. The fourth-order valence-corrected chi connectivity index (χ4v) is 1.72. The van der Waals surface area contributed by atoms with Gasteiger partial charge < -0.3 is 4.74 Å². The molecule has 6 heteroatoms. The predicted octanol–water partition coefficient (Wildman–Crippen LogP) is 2.84. The summed E-state index contributed by atoms with van der Waals surface area (Å²) in [4.78, 5) is 11.6. The number of carbonyl (C=O) groups is 1. The number of ether oxygens (including phenoxy) is 1. The monoisotopic (exact) mass is 274 g/mol. The van der Waals surface area contributed by atoms with Crippen LogP contribution in [0.3, 0.4) is 0 Å². The maximum absolute atomic E-state index is 11.6. The summed E-state index contributed by atoms with van der Waals surface area (Å²) < 4.78 is 6.68. The number of aryl methyl sites for hydroxylation is 1. The van der Waals surface area contributed by atoms with E-state index in [0.29, 0.717) is 5.82 Å². The van der Waals surface area contributed by atoms with Gasteiger partial charge in [-0.25, -0.2) is 9.48 Å². The van der Waals surface area contributed by atoms with Crippen LogP contribution in [0.15, 0.2) is 24.3 Å². The van der Waals surface area contributed by atoms with E-state index >= 15 is 0 Å². The Morgan fingerprint density at radius 1 is 1.25 bits per heavy atom. The molecule has 0 fully saturated rings. The highest BCUT2D eigenvalue weighted by Crippen LogP contribution is 2.16. The quantitative estimate of drug-likeness (QED) is 0.934. The Labute approximate surface area is 117 Å². The summed E-state index contributed by atoms with van der Waals surface area (Å²) in [7, 11) is 0. The fraction of sp³-hybridized carbons (Fsp3) is 0.357. The lowest BCUT2D eigenvalue weighted by molar-refractivity contribution is 0.130. The first-order valence-corrected chi connectivity index (χ1v) is 6.44. The minimum atomic E-state index is -0.529. The van der Waals surface area contributed by atoms with Gasteiger partial charge in [0.1, 0.15) is 0 Å². The average molecular weight is 274 g/mol. The van der Waals surface area contributed by atoms with Crippen molar-refractivity contribution >= 4 is 11.9 Å². The lowest BCUT2D eigenvalue weighted by Gasteiger charge is -2.08. The third-order valence-corrected chi connectivity index (χ3v) is 2.74. The molecule has 1 aromatic carbocycles. The van der Waals surface area contributed by atoms with Gasteiger partial charge in [-0.1, -0.05) is 22.9 Å². The third kappa shape index (κ3) is 3.14. The lowest BCUT2D eigenvalue weighted by atomic mass is 10.2. The second-order valence-electron chi connectivity index (χ2n) is 4.85. The van der Waals surface area contributed by atoms with Crippen molar-refractivity contribution in [3.05, 3.63) is 35.5 Å². The fourth-order valence-electron chi connectivity index (χ4n) is 1.72. The topological polar surface area (TPSA) is 69.0 Å². The van der Waals surface area contributed by atoms with Crippen LogP contribution in [-0.2, 0) is 4.74 Å². The van der Waals surface area contributed by atoms with Crippen LogP contribution < -0.4 is 5.32 Å². The molecule has 0 radical (unpaired) electrons. The van der Waals surface area contributed by atoms with Crippen molar-refractivity contribution in [3.8, 4) is 5.69 Å². The molecule has 0 aliphatic carbocycles. The number of rotatable bonds is 3. The summed E-state index contributed by atoms with van der Waals surface area (Å²) >= 11 is 0. The molecule has 1 heterocycles. The second kappa shape index (κ2) is 5.73. The van der Waals surface area contributed by atoms with Crippen molar-refractivity contribution < 1.29 is 9.53 Å². The highest BCUT2D eigenvalue weighted by molar-refractivity contribution is 5.84. The van der Waals surface area contributed by atoms with Crippen LogP contribution in [0.4, 0.5) is 10.6 Å². The van der Waals surface area contributed by atoms with Crippen molar-refractivity contribution in [2.75, 3.05) is 5.32 Å². The number of amides is 1. The molecule has 0 saturated heterocycles. The van der Waals surface area contributed by atoms with Crippen molar-refractivity contribution in [2.24, 2.45) is 0 Å². The van der Waals surface area contributed by atoms with Crippen molar-refractivity contribution in [1.82, 2.24) is 15.0 Å². The predicted molar refractivity (Wildman–Crippen MR) is 76.1 cm³/mol. The number of hydrogen-bond donors (Lipinski definition) is 1. The molecule has 1 amide bonds. The molecule has 6 nitrogen and oxygen atoms in total. The van der Waals surface area contributed by atoms with E-state index in [0.717, 1.165) is 11.4 Å². The maximum atomic E-state index is 11.6. The number of nitrogens with zero attached hydrogens (tertiary/aromatic N) is 3. The van der Waals surface area contributed by atoms with Crippen molar-refractivity contribution in [1.29, 1.82) is 0 Å². The Bertz CT molecular complexity index is 602. The van der Waals surface area contributed by atoms with E-state index in [1.165, 1.54) is 5.56 Å². The van der Waals surface area contributed by atoms with E-state index < -0.39 is 6.09 Å². The van der Waals surface area contributed by atoms with E-state index in [2.05, 4.69) is 15.6 Å². The number of carbonyl (C=O) groups excluding carboxylic acids is 1. The molecule has 2 rings (SSSR count). The van der Waals surface area contributed by atoms with Crippen LogP contribution in [-0.4, -0.2) is 27.2 Å².